The van der Waals surface area contributed by atoms with E-state index < -0.39 is 18.1 Å². The molecule has 0 aromatic heterocycles. The molecule has 0 fully saturated rings. The molecule has 2 aromatic rings. The van der Waals surface area contributed by atoms with Crippen molar-refractivity contribution in [2.24, 2.45) is 5.73 Å². The van der Waals surface area contributed by atoms with Crippen LogP contribution in [0.15, 0.2) is 54.6 Å². The molecule has 0 heterocycles. The summed E-state index contributed by atoms with van der Waals surface area (Å²) in [5.74, 6) is -0.921. The summed E-state index contributed by atoms with van der Waals surface area (Å²) < 4.78 is 18.6. The third-order valence-electron chi connectivity index (χ3n) is 3.53. The van der Waals surface area contributed by atoms with Gasteiger partial charge in [-0.2, -0.15) is 0 Å². The number of carbonyl (C=O) groups is 1. The number of benzene rings is 2. The average molecular weight is 301 g/mol. The van der Waals surface area contributed by atoms with E-state index in [1.54, 1.807) is 19.1 Å². The standard InChI is InChI=1S/C18H20FNO2/c1-12(20)18(21)22-13(2)17(14-6-4-3-5-7-14)15-8-10-16(19)11-9-15/h3-13,17H,20H2,1-2H3/t12-,13-,17-/m0/s1. The van der Waals surface area contributed by atoms with Crippen molar-refractivity contribution in [1.82, 2.24) is 0 Å². The number of ether oxygens (including phenoxy) is 1. The molecule has 0 bridgehead atoms. The van der Waals surface area contributed by atoms with Gasteiger partial charge < -0.3 is 10.5 Å². The van der Waals surface area contributed by atoms with Gasteiger partial charge in [0.1, 0.15) is 18.0 Å². The lowest BCUT2D eigenvalue weighted by Crippen LogP contribution is -2.33. The molecule has 0 spiro atoms. The highest BCUT2D eigenvalue weighted by atomic mass is 19.1. The van der Waals surface area contributed by atoms with Crippen LogP contribution in [0.4, 0.5) is 4.39 Å². The molecule has 0 saturated heterocycles. The number of hydrogen-bond acceptors (Lipinski definition) is 3. The Bertz CT molecular complexity index is 611. The molecule has 0 radical (unpaired) electrons. The van der Waals surface area contributed by atoms with Gasteiger partial charge in [0.15, 0.2) is 0 Å². The number of esters is 1. The van der Waals surface area contributed by atoms with Crippen molar-refractivity contribution in [1.29, 1.82) is 0 Å². The van der Waals surface area contributed by atoms with E-state index >= 15 is 0 Å². The van der Waals surface area contributed by atoms with Crippen LogP contribution in [-0.2, 0) is 9.53 Å². The van der Waals surface area contributed by atoms with Gasteiger partial charge in [0.25, 0.3) is 0 Å². The minimum Gasteiger partial charge on any atom is -0.461 e. The van der Waals surface area contributed by atoms with Gasteiger partial charge in [-0.05, 0) is 37.1 Å². The smallest absolute Gasteiger partial charge is 0.322 e. The van der Waals surface area contributed by atoms with E-state index in [0.29, 0.717) is 0 Å². The maximum atomic E-state index is 13.2. The quantitative estimate of drug-likeness (QED) is 0.863. The Morgan fingerprint density at radius 1 is 1.00 bits per heavy atom. The Kier molecular flexibility index (Phi) is 5.28. The van der Waals surface area contributed by atoms with E-state index in [4.69, 9.17) is 10.5 Å². The molecule has 0 saturated carbocycles. The first kappa shape index (κ1) is 16.2. The van der Waals surface area contributed by atoms with Gasteiger partial charge in [-0.1, -0.05) is 42.5 Å². The molecule has 0 unspecified atom stereocenters. The van der Waals surface area contributed by atoms with Crippen LogP contribution in [0.3, 0.4) is 0 Å². The molecule has 3 atom stereocenters. The van der Waals surface area contributed by atoms with Crippen LogP contribution < -0.4 is 5.73 Å². The maximum absolute atomic E-state index is 13.2. The Labute approximate surface area is 129 Å². The first-order valence-corrected chi connectivity index (χ1v) is 7.25. The SMILES string of the molecule is C[C@H](N)C(=O)O[C@@H](C)[C@@H](c1ccccc1)c1ccc(F)cc1. The van der Waals surface area contributed by atoms with Crippen LogP contribution in [0.2, 0.25) is 0 Å². The minimum absolute atomic E-state index is 0.176. The van der Waals surface area contributed by atoms with E-state index in [9.17, 15) is 9.18 Å². The van der Waals surface area contributed by atoms with Crippen molar-refractivity contribution in [2.75, 3.05) is 0 Å². The fourth-order valence-corrected chi connectivity index (χ4v) is 2.42. The molecule has 0 aliphatic heterocycles. The first-order chi connectivity index (χ1) is 10.5. The van der Waals surface area contributed by atoms with Gasteiger partial charge in [0.05, 0.1) is 0 Å². The van der Waals surface area contributed by atoms with Crippen LogP contribution >= 0.6 is 0 Å². The van der Waals surface area contributed by atoms with Crippen LogP contribution in [0.1, 0.15) is 30.9 Å². The lowest BCUT2D eigenvalue weighted by Gasteiger charge is -2.25. The van der Waals surface area contributed by atoms with Gasteiger partial charge in [-0.15, -0.1) is 0 Å². The highest BCUT2D eigenvalue weighted by Crippen LogP contribution is 2.30. The summed E-state index contributed by atoms with van der Waals surface area (Å²) in [5, 5.41) is 0. The lowest BCUT2D eigenvalue weighted by atomic mass is 9.87. The molecule has 116 valence electrons. The Morgan fingerprint density at radius 2 is 1.55 bits per heavy atom. The van der Waals surface area contributed by atoms with Gasteiger partial charge >= 0.3 is 5.97 Å². The third kappa shape index (κ3) is 3.92. The summed E-state index contributed by atoms with van der Waals surface area (Å²) in [7, 11) is 0. The molecule has 2 rings (SSSR count). The van der Waals surface area contributed by atoms with E-state index in [2.05, 4.69) is 0 Å². The monoisotopic (exact) mass is 301 g/mol. The summed E-state index contributed by atoms with van der Waals surface area (Å²) >= 11 is 0. The molecular formula is C18H20FNO2. The van der Waals surface area contributed by atoms with Gasteiger partial charge in [-0.25, -0.2) is 4.39 Å². The summed E-state index contributed by atoms with van der Waals surface area (Å²) in [4.78, 5) is 11.8. The van der Waals surface area contributed by atoms with E-state index in [1.165, 1.54) is 12.1 Å². The number of halogens is 1. The van der Waals surface area contributed by atoms with Crippen molar-refractivity contribution in [2.45, 2.75) is 31.9 Å². The fourth-order valence-electron chi connectivity index (χ4n) is 2.42. The molecular weight excluding hydrogens is 281 g/mol. The second kappa shape index (κ2) is 7.18. The Hall–Kier alpha value is -2.20. The second-order valence-corrected chi connectivity index (χ2v) is 5.37. The second-order valence-electron chi connectivity index (χ2n) is 5.37. The zero-order valence-corrected chi connectivity index (χ0v) is 12.7. The van der Waals surface area contributed by atoms with Crippen molar-refractivity contribution in [3.8, 4) is 0 Å². The Morgan fingerprint density at radius 3 is 2.09 bits per heavy atom. The number of rotatable bonds is 5. The zero-order valence-electron chi connectivity index (χ0n) is 12.7. The molecule has 0 amide bonds. The van der Waals surface area contributed by atoms with Crippen LogP contribution in [0, 0.1) is 5.82 Å². The molecule has 22 heavy (non-hydrogen) atoms. The van der Waals surface area contributed by atoms with Crippen molar-refractivity contribution < 1.29 is 13.9 Å². The predicted molar refractivity (Wildman–Crippen MR) is 83.9 cm³/mol. The maximum Gasteiger partial charge on any atom is 0.322 e. The molecule has 2 N–H and O–H groups in total. The predicted octanol–water partition coefficient (Wildman–Crippen LogP) is 3.24. The van der Waals surface area contributed by atoms with E-state index in [-0.39, 0.29) is 11.7 Å². The molecule has 4 heteroatoms. The molecule has 3 nitrogen and oxygen atoms in total. The van der Waals surface area contributed by atoms with Crippen LogP contribution in [0.5, 0.6) is 0 Å². The van der Waals surface area contributed by atoms with Gasteiger partial charge in [-0.3, -0.25) is 4.79 Å². The summed E-state index contributed by atoms with van der Waals surface area (Å²) in [5.41, 5.74) is 7.44. The van der Waals surface area contributed by atoms with Crippen molar-refractivity contribution >= 4 is 5.97 Å². The van der Waals surface area contributed by atoms with Crippen molar-refractivity contribution in [3.05, 3.63) is 71.5 Å². The zero-order chi connectivity index (χ0) is 16.1. The highest BCUT2D eigenvalue weighted by Gasteiger charge is 2.25. The van der Waals surface area contributed by atoms with Gasteiger partial charge in [0, 0.05) is 5.92 Å². The molecule has 0 aliphatic rings. The number of hydrogen-bond donors (Lipinski definition) is 1. The van der Waals surface area contributed by atoms with Crippen molar-refractivity contribution in [3.63, 3.8) is 0 Å². The van der Waals surface area contributed by atoms with E-state index in [1.807, 2.05) is 37.3 Å². The molecule has 0 aliphatic carbocycles. The summed E-state index contributed by atoms with van der Waals surface area (Å²) in [6, 6.07) is 15.3. The lowest BCUT2D eigenvalue weighted by molar-refractivity contribution is -0.149. The topological polar surface area (TPSA) is 52.3 Å². The van der Waals surface area contributed by atoms with Crippen LogP contribution in [0.25, 0.3) is 0 Å². The molecule has 2 aromatic carbocycles. The van der Waals surface area contributed by atoms with E-state index in [0.717, 1.165) is 11.1 Å². The summed E-state index contributed by atoms with van der Waals surface area (Å²) in [6.07, 6.45) is -0.411. The average Bonchev–Trinajstić information content (AvgIpc) is 2.50. The minimum atomic E-state index is -0.674. The van der Waals surface area contributed by atoms with Gasteiger partial charge in [0.2, 0.25) is 0 Å². The fraction of sp³-hybridized carbons (Fsp3) is 0.278. The summed E-state index contributed by atoms with van der Waals surface area (Å²) in [6.45, 7) is 3.41. The number of nitrogens with two attached hydrogens (primary N) is 1. The largest absolute Gasteiger partial charge is 0.461 e. The third-order valence-corrected chi connectivity index (χ3v) is 3.53. The number of carbonyl (C=O) groups excluding carboxylic acids is 1. The van der Waals surface area contributed by atoms with Crippen LogP contribution in [-0.4, -0.2) is 18.1 Å². The first-order valence-electron chi connectivity index (χ1n) is 7.25. The highest BCUT2D eigenvalue weighted by molar-refractivity contribution is 5.75. The normalized spacial score (nSPS) is 14.9. The Balaban J connectivity index is 2.33.